The Kier molecular flexibility index (Phi) is 6.08. The van der Waals surface area contributed by atoms with Crippen molar-refractivity contribution in [3.63, 3.8) is 0 Å². The molecule has 0 amide bonds. The average molecular weight is 282 g/mol. The minimum atomic E-state index is 0.572. The molecule has 1 aliphatic rings. The van der Waals surface area contributed by atoms with Gasteiger partial charge in [-0.3, -0.25) is 4.90 Å². The summed E-state index contributed by atoms with van der Waals surface area (Å²) in [6.07, 6.45) is 5.75. The molecule has 1 aromatic heterocycles. The van der Waals surface area contributed by atoms with Crippen LogP contribution in [0.3, 0.4) is 0 Å². The van der Waals surface area contributed by atoms with E-state index in [1.807, 2.05) is 12.3 Å². The van der Waals surface area contributed by atoms with E-state index in [1.54, 1.807) is 0 Å². The summed E-state index contributed by atoms with van der Waals surface area (Å²) < 4.78 is 0. The van der Waals surface area contributed by atoms with Crippen molar-refractivity contribution in [1.82, 2.24) is 15.2 Å². The molecule has 0 aliphatic carbocycles. The molecule has 1 atom stereocenters. The number of hydrogen-bond acceptors (Lipinski definition) is 3. The molecule has 1 aromatic rings. The van der Waals surface area contributed by atoms with Gasteiger partial charge >= 0.3 is 0 Å². The summed E-state index contributed by atoms with van der Waals surface area (Å²) >= 11 is 5.83. The molecule has 1 unspecified atom stereocenters. The van der Waals surface area contributed by atoms with E-state index in [9.17, 15) is 0 Å². The number of hydrogen-bond donors (Lipinski definition) is 1. The highest BCUT2D eigenvalue weighted by molar-refractivity contribution is 6.29. The first-order valence-corrected chi connectivity index (χ1v) is 7.69. The molecule has 1 N–H and O–H groups in total. The van der Waals surface area contributed by atoms with Crippen molar-refractivity contribution < 1.29 is 0 Å². The van der Waals surface area contributed by atoms with Crippen LogP contribution in [-0.4, -0.2) is 36.1 Å². The second-order valence-electron chi connectivity index (χ2n) is 5.44. The molecule has 106 valence electrons. The fourth-order valence-electron chi connectivity index (χ4n) is 2.75. The average Bonchev–Trinajstić information content (AvgIpc) is 2.43. The zero-order chi connectivity index (χ0) is 13.5. The van der Waals surface area contributed by atoms with Gasteiger partial charge in [-0.2, -0.15) is 0 Å². The molecule has 1 saturated heterocycles. The van der Waals surface area contributed by atoms with Crippen LogP contribution in [0.15, 0.2) is 18.3 Å². The highest BCUT2D eigenvalue weighted by atomic mass is 35.5. The molecule has 0 spiro atoms. The van der Waals surface area contributed by atoms with Gasteiger partial charge in [-0.25, -0.2) is 4.98 Å². The number of aromatic nitrogens is 1. The largest absolute Gasteiger partial charge is 0.316 e. The minimum Gasteiger partial charge on any atom is -0.316 e. The van der Waals surface area contributed by atoms with Gasteiger partial charge in [0.1, 0.15) is 5.15 Å². The van der Waals surface area contributed by atoms with Crippen LogP contribution < -0.4 is 5.32 Å². The van der Waals surface area contributed by atoms with E-state index in [0.717, 1.165) is 19.0 Å². The second kappa shape index (κ2) is 7.83. The Labute approximate surface area is 121 Å². The zero-order valence-electron chi connectivity index (χ0n) is 11.7. The molecule has 3 nitrogen and oxygen atoms in total. The maximum atomic E-state index is 5.83. The topological polar surface area (TPSA) is 28.2 Å². The van der Waals surface area contributed by atoms with Gasteiger partial charge in [-0.05, 0) is 56.4 Å². The lowest BCUT2D eigenvalue weighted by atomic mass is 9.99. The van der Waals surface area contributed by atoms with Crippen LogP contribution in [0.2, 0.25) is 5.15 Å². The second-order valence-corrected chi connectivity index (χ2v) is 5.82. The normalized spacial score (nSPS) is 19.8. The molecule has 2 rings (SSSR count). The van der Waals surface area contributed by atoms with Crippen molar-refractivity contribution in [2.45, 2.75) is 32.7 Å². The van der Waals surface area contributed by atoms with Crippen LogP contribution in [0.5, 0.6) is 0 Å². The summed E-state index contributed by atoms with van der Waals surface area (Å²) in [4.78, 5) is 6.71. The first kappa shape index (κ1) is 14.8. The van der Waals surface area contributed by atoms with E-state index in [2.05, 4.69) is 28.2 Å². The van der Waals surface area contributed by atoms with Gasteiger partial charge in [-0.15, -0.1) is 0 Å². The summed E-state index contributed by atoms with van der Waals surface area (Å²) in [6.45, 7) is 7.91. The lowest BCUT2D eigenvalue weighted by Crippen LogP contribution is -2.38. The maximum Gasteiger partial charge on any atom is 0.129 e. The van der Waals surface area contributed by atoms with Gasteiger partial charge in [0.05, 0.1) is 0 Å². The summed E-state index contributed by atoms with van der Waals surface area (Å²) in [5.41, 5.74) is 1.25. The highest BCUT2D eigenvalue weighted by Gasteiger charge is 2.16. The number of pyridine rings is 1. The summed E-state index contributed by atoms with van der Waals surface area (Å²) in [5, 5.41) is 4.07. The lowest BCUT2D eigenvalue weighted by Gasteiger charge is -2.30. The molecular formula is C15H24ClN3. The van der Waals surface area contributed by atoms with E-state index in [4.69, 9.17) is 11.6 Å². The molecular weight excluding hydrogens is 258 g/mol. The van der Waals surface area contributed by atoms with Crippen molar-refractivity contribution in [3.8, 4) is 0 Å². The standard InChI is InChI=1S/C15H24ClN3/c1-2-8-19(11-13-4-3-7-17-9-13)12-14-5-6-15(16)18-10-14/h5-6,10,13,17H,2-4,7-9,11-12H2,1H3. The fourth-order valence-corrected chi connectivity index (χ4v) is 2.87. The third-order valence-corrected chi connectivity index (χ3v) is 3.87. The molecule has 4 heteroatoms. The molecule has 2 heterocycles. The number of halogens is 1. The lowest BCUT2D eigenvalue weighted by molar-refractivity contribution is 0.201. The molecule has 0 saturated carbocycles. The van der Waals surface area contributed by atoms with E-state index >= 15 is 0 Å². The Morgan fingerprint density at radius 1 is 1.47 bits per heavy atom. The monoisotopic (exact) mass is 281 g/mol. The number of nitrogens with one attached hydrogen (secondary N) is 1. The van der Waals surface area contributed by atoms with Crippen molar-refractivity contribution >= 4 is 11.6 Å². The number of piperidine rings is 1. The highest BCUT2D eigenvalue weighted by Crippen LogP contribution is 2.15. The summed E-state index contributed by atoms with van der Waals surface area (Å²) in [6, 6.07) is 3.96. The van der Waals surface area contributed by atoms with E-state index in [0.29, 0.717) is 5.15 Å². The van der Waals surface area contributed by atoms with Crippen LogP contribution in [0.25, 0.3) is 0 Å². The van der Waals surface area contributed by atoms with Gasteiger partial charge in [-0.1, -0.05) is 24.6 Å². The first-order valence-electron chi connectivity index (χ1n) is 7.31. The van der Waals surface area contributed by atoms with Gasteiger partial charge in [0, 0.05) is 19.3 Å². The third-order valence-electron chi connectivity index (χ3n) is 3.65. The van der Waals surface area contributed by atoms with Gasteiger partial charge in [0.2, 0.25) is 0 Å². The van der Waals surface area contributed by atoms with Crippen molar-refractivity contribution in [1.29, 1.82) is 0 Å². The van der Waals surface area contributed by atoms with Gasteiger partial charge in [0.15, 0.2) is 0 Å². The SMILES string of the molecule is CCCN(Cc1ccc(Cl)nc1)CC1CCCNC1. The van der Waals surface area contributed by atoms with Gasteiger partial charge < -0.3 is 5.32 Å². The van der Waals surface area contributed by atoms with Crippen LogP contribution in [0, 0.1) is 5.92 Å². The van der Waals surface area contributed by atoms with Crippen LogP contribution in [0.1, 0.15) is 31.7 Å². The van der Waals surface area contributed by atoms with Crippen LogP contribution >= 0.6 is 11.6 Å². The van der Waals surface area contributed by atoms with Crippen molar-refractivity contribution in [3.05, 3.63) is 29.0 Å². The summed E-state index contributed by atoms with van der Waals surface area (Å²) in [5.74, 6) is 0.792. The molecule has 1 fully saturated rings. The summed E-state index contributed by atoms with van der Waals surface area (Å²) in [7, 11) is 0. The Morgan fingerprint density at radius 2 is 2.37 bits per heavy atom. The predicted molar refractivity (Wildman–Crippen MR) is 80.4 cm³/mol. The van der Waals surface area contributed by atoms with Crippen molar-refractivity contribution in [2.24, 2.45) is 5.92 Å². The van der Waals surface area contributed by atoms with Crippen molar-refractivity contribution in [2.75, 3.05) is 26.2 Å². The maximum absolute atomic E-state index is 5.83. The number of rotatable bonds is 6. The minimum absolute atomic E-state index is 0.572. The molecule has 0 bridgehead atoms. The van der Waals surface area contributed by atoms with Crippen LogP contribution in [0.4, 0.5) is 0 Å². The van der Waals surface area contributed by atoms with E-state index in [-0.39, 0.29) is 0 Å². The molecule has 0 aromatic carbocycles. The first-order chi connectivity index (χ1) is 9.28. The third kappa shape index (κ3) is 5.09. The smallest absolute Gasteiger partial charge is 0.129 e. The quantitative estimate of drug-likeness (QED) is 0.813. The van der Waals surface area contributed by atoms with E-state index in [1.165, 1.54) is 44.5 Å². The predicted octanol–water partition coefficient (Wildman–Crippen LogP) is 2.95. The zero-order valence-corrected chi connectivity index (χ0v) is 12.5. The Balaban J connectivity index is 1.89. The Bertz CT molecular complexity index is 360. The molecule has 19 heavy (non-hydrogen) atoms. The Morgan fingerprint density at radius 3 is 3.00 bits per heavy atom. The number of nitrogens with zero attached hydrogens (tertiary/aromatic N) is 2. The molecule has 1 aliphatic heterocycles. The van der Waals surface area contributed by atoms with Crippen LogP contribution in [-0.2, 0) is 6.54 Å². The van der Waals surface area contributed by atoms with Gasteiger partial charge in [0.25, 0.3) is 0 Å². The Hall–Kier alpha value is -0.640. The fraction of sp³-hybridized carbons (Fsp3) is 0.667. The van der Waals surface area contributed by atoms with E-state index < -0.39 is 0 Å². The molecule has 0 radical (unpaired) electrons.